The minimum atomic E-state index is -0.790. The van der Waals surface area contributed by atoms with Crippen LogP contribution in [0.25, 0.3) is 10.2 Å². The van der Waals surface area contributed by atoms with Gasteiger partial charge in [-0.05, 0) is 30.3 Å². The van der Waals surface area contributed by atoms with E-state index in [1.807, 2.05) is 0 Å². The first-order chi connectivity index (χ1) is 12.4. The second kappa shape index (κ2) is 7.23. The summed E-state index contributed by atoms with van der Waals surface area (Å²) < 4.78 is 18.6. The number of aromatic nitrogens is 1. The van der Waals surface area contributed by atoms with Crippen LogP contribution in [-0.2, 0) is 9.53 Å². The van der Waals surface area contributed by atoms with E-state index in [1.54, 1.807) is 0 Å². The standard InChI is InChI=1S/C16H10FN3O5S/c17-10-3-6-12-13(7-10)26-16(18-12)19-14(21)8-25-15(22)9-1-4-11(5-2-9)20(23)24/h1-7H,8H2,(H,18,19,21). The molecular formula is C16H10FN3O5S. The van der Waals surface area contributed by atoms with Crippen molar-refractivity contribution in [3.8, 4) is 0 Å². The monoisotopic (exact) mass is 375 g/mol. The van der Waals surface area contributed by atoms with Crippen molar-refractivity contribution < 1.29 is 23.6 Å². The quantitative estimate of drug-likeness (QED) is 0.417. The van der Waals surface area contributed by atoms with Gasteiger partial charge >= 0.3 is 5.97 Å². The molecule has 8 nitrogen and oxygen atoms in total. The maximum atomic E-state index is 13.1. The summed E-state index contributed by atoms with van der Waals surface area (Å²) in [6, 6.07) is 8.86. The van der Waals surface area contributed by atoms with Crippen molar-refractivity contribution in [2.75, 3.05) is 11.9 Å². The van der Waals surface area contributed by atoms with E-state index < -0.39 is 29.2 Å². The molecule has 0 bridgehead atoms. The first kappa shape index (κ1) is 17.4. The number of halogens is 1. The number of non-ortho nitro benzene ring substituents is 1. The molecule has 3 rings (SSSR count). The number of amides is 1. The molecule has 0 aliphatic carbocycles. The summed E-state index contributed by atoms with van der Waals surface area (Å²) in [5.74, 6) is -1.81. The highest BCUT2D eigenvalue weighted by Crippen LogP contribution is 2.26. The molecule has 3 aromatic rings. The average molecular weight is 375 g/mol. The summed E-state index contributed by atoms with van der Waals surface area (Å²) in [5.41, 5.74) is 0.458. The number of carbonyl (C=O) groups excluding carboxylic acids is 2. The zero-order valence-corrected chi connectivity index (χ0v) is 13.8. The van der Waals surface area contributed by atoms with E-state index in [0.717, 1.165) is 23.5 Å². The van der Waals surface area contributed by atoms with Gasteiger partial charge in [-0.25, -0.2) is 14.2 Å². The summed E-state index contributed by atoms with van der Waals surface area (Å²) in [7, 11) is 0. The average Bonchev–Trinajstić information content (AvgIpc) is 3.00. The Morgan fingerprint density at radius 3 is 2.65 bits per heavy atom. The van der Waals surface area contributed by atoms with Crippen LogP contribution in [-0.4, -0.2) is 28.4 Å². The van der Waals surface area contributed by atoms with Crippen LogP contribution in [0, 0.1) is 15.9 Å². The summed E-state index contributed by atoms with van der Waals surface area (Å²) >= 11 is 1.09. The fraction of sp³-hybridized carbons (Fsp3) is 0.0625. The van der Waals surface area contributed by atoms with Gasteiger partial charge in [-0.2, -0.15) is 0 Å². The smallest absolute Gasteiger partial charge is 0.338 e. The number of hydrogen-bond donors (Lipinski definition) is 1. The van der Waals surface area contributed by atoms with E-state index >= 15 is 0 Å². The number of benzene rings is 2. The van der Waals surface area contributed by atoms with Gasteiger partial charge in [0.2, 0.25) is 0 Å². The van der Waals surface area contributed by atoms with Gasteiger partial charge in [0, 0.05) is 12.1 Å². The lowest BCUT2D eigenvalue weighted by Gasteiger charge is -2.04. The Bertz CT molecular complexity index is 1000. The van der Waals surface area contributed by atoms with Gasteiger partial charge < -0.3 is 4.74 Å². The molecular weight excluding hydrogens is 365 g/mol. The van der Waals surface area contributed by atoms with E-state index in [4.69, 9.17) is 4.74 Å². The van der Waals surface area contributed by atoms with Crippen LogP contribution in [0.15, 0.2) is 42.5 Å². The molecule has 1 N–H and O–H groups in total. The van der Waals surface area contributed by atoms with E-state index in [2.05, 4.69) is 10.3 Å². The zero-order chi connectivity index (χ0) is 18.7. The first-order valence-electron chi connectivity index (χ1n) is 7.20. The molecule has 0 atom stereocenters. The first-order valence-corrected chi connectivity index (χ1v) is 8.01. The van der Waals surface area contributed by atoms with Crippen molar-refractivity contribution >= 4 is 44.2 Å². The molecule has 0 saturated heterocycles. The molecule has 0 spiro atoms. The highest BCUT2D eigenvalue weighted by molar-refractivity contribution is 7.22. The van der Waals surface area contributed by atoms with Crippen molar-refractivity contribution in [3.63, 3.8) is 0 Å². The van der Waals surface area contributed by atoms with E-state index in [-0.39, 0.29) is 16.4 Å². The second-order valence-electron chi connectivity index (χ2n) is 5.06. The molecule has 1 aromatic heterocycles. The van der Waals surface area contributed by atoms with Crippen molar-refractivity contribution in [1.29, 1.82) is 0 Å². The summed E-state index contributed by atoms with van der Waals surface area (Å²) in [6.07, 6.45) is 0. The number of anilines is 1. The summed E-state index contributed by atoms with van der Waals surface area (Å²) in [6.45, 7) is -0.555. The minimum absolute atomic E-state index is 0.0823. The summed E-state index contributed by atoms with van der Waals surface area (Å²) in [4.78, 5) is 37.8. The van der Waals surface area contributed by atoms with Crippen LogP contribution in [0.5, 0.6) is 0 Å². The number of nitrogens with one attached hydrogen (secondary N) is 1. The van der Waals surface area contributed by atoms with Gasteiger partial charge in [-0.3, -0.25) is 20.2 Å². The molecule has 2 aromatic carbocycles. The normalized spacial score (nSPS) is 10.5. The SMILES string of the molecule is O=C(COC(=O)c1ccc([N+](=O)[O-])cc1)Nc1nc2ccc(F)cc2s1. The number of nitro groups is 1. The van der Waals surface area contributed by atoms with Crippen LogP contribution in [0.1, 0.15) is 10.4 Å². The van der Waals surface area contributed by atoms with Gasteiger partial charge in [-0.1, -0.05) is 11.3 Å². The number of nitro benzene ring substituents is 1. The Kier molecular flexibility index (Phi) is 4.85. The van der Waals surface area contributed by atoms with Crippen LogP contribution in [0.3, 0.4) is 0 Å². The highest BCUT2D eigenvalue weighted by atomic mass is 32.1. The fourth-order valence-electron chi connectivity index (χ4n) is 2.04. The Balaban J connectivity index is 1.57. The van der Waals surface area contributed by atoms with Crippen molar-refractivity contribution in [3.05, 3.63) is 64.0 Å². The van der Waals surface area contributed by atoms with E-state index in [1.165, 1.54) is 30.3 Å². The highest BCUT2D eigenvalue weighted by Gasteiger charge is 2.14. The predicted octanol–water partition coefficient (Wildman–Crippen LogP) is 3.14. The van der Waals surface area contributed by atoms with E-state index in [9.17, 15) is 24.1 Å². The molecule has 1 amide bonds. The molecule has 132 valence electrons. The molecule has 26 heavy (non-hydrogen) atoms. The number of esters is 1. The number of hydrogen-bond acceptors (Lipinski definition) is 7. The second-order valence-corrected chi connectivity index (χ2v) is 6.09. The third-order valence-corrected chi connectivity index (χ3v) is 4.18. The van der Waals surface area contributed by atoms with Gasteiger partial charge in [0.1, 0.15) is 5.82 Å². The number of thiazole rings is 1. The minimum Gasteiger partial charge on any atom is -0.452 e. The molecule has 0 aliphatic rings. The van der Waals surface area contributed by atoms with E-state index in [0.29, 0.717) is 10.2 Å². The predicted molar refractivity (Wildman–Crippen MR) is 91.6 cm³/mol. The molecule has 0 fully saturated rings. The van der Waals surface area contributed by atoms with Gasteiger partial charge in [0.15, 0.2) is 11.7 Å². The van der Waals surface area contributed by atoms with Crippen LogP contribution < -0.4 is 5.32 Å². The maximum absolute atomic E-state index is 13.1. The van der Waals surface area contributed by atoms with Gasteiger partial charge in [-0.15, -0.1) is 0 Å². The summed E-state index contributed by atoms with van der Waals surface area (Å²) in [5, 5.41) is 13.3. The van der Waals surface area contributed by atoms with Gasteiger partial charge in [0.05, 0.1) is 20.7 Å². The molecule has 0 saturated carbocycles. The molecule has 10 heteroatoms. The third-order valence-electron chi connectivity index (χ3n) is 3.25. The number of nitrogens with zero attached hydrogens (tertiary/aromatic N) is 2. The zero-order valence-electron chi connectivity index (χ0n) is 13.0. The largest absolute Gasteiger partial charge is 0.452 e. The Morgan fingerprint density at radius 1 is 1.23 bits per heavy atom. The fourth-order valence-corrected chi connectivity index (χ4v) is 2.95. The topological polar surface area (TPSA) is 111 Å². The Labute approximate surface area is 149 Å². The van der Waals surface area contributed by atoms with Crippen molar-refractivity contribution in [2.45, 2.75) is 0 Å². The lowest BCUT2D eigenvalue weighted by Crippen LogP contribution is -2.20. The number of carbonyl (C=O) groups is 2. The Morgan fingerprint density at radius 2 is 1.96 bits per heavy atom. The lowest BCUT2D eigenvalue weighted by atomic mass is 10.2. The number of fused-ring (bicyclic) bond motifs is 1. The Hall–Kier alpha value is -3.40. The number of rotatable bonds is 5. The maximum Gasteiger partial charge on any atom is 0.338 e. The lowest BCUT2D eigenvalue weighted by molar-refractivity contribution is -0.384. The third kappa shape index (κ3) is 3.98. The molecule has 0 aliphatic heterocycles. The number of ether oxygens (including phenoxy) is 1. The van der Waals surface area contributed by atoms with Crippen molar-refractivity contribution in [1.82, 2.24) is 4.98 Å². The van der Waals surface area contributed by atoms with Crippen LogP contribution in [0.4, 0.5) is 15.2 Å². The van der Waals surface area contributed by atoms with Crippen LogP contribution in [0.2, 0.25) is 0 Å². The van der Waals surface area contributed by atoms with Crippen LogP contribution >= 0.6 is 11.3 Å². The van der Waals surface area contributed by atoms with Crippen molar-refractivity contribution in [2.24, 2.45) is 0 Å². The van der Waals surface area contributed by atoms with Gasteiger partial charge in [0.25, 0.3) is 11.6 Å². The molecule has 1 heterocycles. The molecule has 0 unspecified atom stereocenters. The molecule has 0 radical (unpaired) electrons.